The minimum Gasteiger partial charge on any atom is -0.480 e. The molecule has 0 fully saturated rings. The second-order valence-electron chi connectivity index (χ2n) is 8.01. The van der Waals surface area contributed by atoms with Gasteiger partial charge in [-0.25, -0.2) is 9.18 Å². The Bertz CT molecular complexity index is 1160. The second kappa shape index (κ2) is 10.1. The summed E-state index contributed by atoms with van der Waals surface area (Å²) in [6.45, 7) is 0. The predicted molar refractivity (Wildman–Crippen MR) is 129 cm³/mol. The molecule has 170 valence electrons. The molecule has 0 spiro atoms. The number of benzene rings is 4. The fourth-order valence-corrected chi connectivity index (χ4v) is 4.31. The largest absolute Gasteiger partial charge is 0.480 e. The fourth-order valence-electron chi connectivity index (χ4n) is 4.31. The minimum absolute atomic E-state index is 0.178. The van der Waals surface area contributed by atoms with Crippen molar-refractivity contribution in [2.45, 2.75) is 17.9 Å². The maximum Gasteiger partial charge on any atom is 0.326 e. The number of halogens is 1. The maximum absolute atomic E-state index is 14.3. The monoisotopic (exact) mass is 453 g/mol. The number of nitrogens with one attached hydrogen (secondary N) is 1. The van der Waals surface area contributed by atoms with Crippen molar-refractivity contribution in [2.24, 2.45) is 0 Å². The van der Waals surface area contributed by atoms with Gasteiger partial charge >= 0.3 is 5.97 Å². The van der Waals surface area contributed by atoms with E-state index in [1.165, 1.54) is 12.1 Å². The van der Waals surface area contributed by atoms with Gasteiger partial charge in [-0.05, 0) is 28.3 Å². The van der Waals surface area contributed by atoms with E-state index in [1.54, 1.807) is 12.1 Å². The van der Waals surface area contributed by atoms with Gasteiger partial charge in [-0.2, -0.15) is 0 Å². The Morgan fingerprint density at radius 1 is 0.706 bits per heavy atom. The molecular weight excluding hydrogens is 429 g/mol. The van der Waals surface area contributed by atoms with Crippen molar-refractivity contribution in [1.82, 2.24) is 5.32 Å². The van der Waals surface area contributed by atoms with Gasteiger partial charge in [-0.3, -0.25) is 4.79 Å². The zero-order chi connectivity index (χ0) is 24.0. The average Bonchev–Trinajstić information content (AvgIpc) is 2.87. The van der Waals surface area contributed by atoms with Crippen LogP contribution in [0.25, 0.3) is 0 Å². The number of aliphatic carboxylic acids is 1. The molecule has 34 heavy (non-hydrogen) atoms. The van der Waals surface area contributed by atoms with Crippen LogP contribution in [0.2, 0.25) is 0 Å². The molecule has 0 aliphatic heterocycles. The molecular formula is C29H24FNO3. The lowest BCUT2D eigenvalue weighted by Crippen LogP contribution is -2.52. The first-order valence-corrected chi connectivity index (χ1v) is 11.0. The van der Waals surface area contributed by atoms with Crippen LogP contribution in [0.4, 0.5) is 4.39 Å². The molecule has 0 aliphatic carbocycles. The van der Waals surface area contributed by atoms with E-state index in [1.807, 2.05) is 91.0 Å². The topological polar surface area (TPSA) is 66.4 Å². The smallest absolute Gasteiger partial charge is 0.326 e. The highest BCUT2D eigenvalue weighted by atomic mass is 19.1. The van der Waals surface area contributed by atoms with Crippen molar-refractivity contribution in [3.63, 3.8) is 0 Å². The number of hydrogen-bond acceptors (Lipinski definition) is 2. The van der Waals surface area contributed by atoms with Gasteiger partial charge in [0.2, 0.25) is 5.91 Å². The molecule has 0 saturated heterocycles. The van der Waals surface area contributed by atoms with E-state index in [0.29, 0.717) is 16.7 Å². The van der Waals surface area contributed by atoms with Crippen LogP contribution in [-0.4, -0.2) is 23.0 Å². The Kier molecular flexibility index (Phi) is 6.83. The molecule has 0 unspecified atom stereocenters. The summed E-state index contributed by atoms with van der Waals surface area (Å²) in [7, 11) is 0. The van der Waals surface area contributed by atoms with Gasteiger partial charge in [0.25, 0.3) is 0 Å². The molecule has 4 aromatic carbocycles. The van der Waals surface area contributed by atoms with Gasteiger partial charge in [-0.15, -0.1) is 0 Å². The van der Waals surface area contributed by atoms with Crippen molar-refractivity contribution in [1.29, 1.82) is 0 Å². The van der Waals surface area contributed by atoms with Crippen LogP contribution in [0.3, 0.4) is 0 Å². The third-order valence-corrected chi connectivity index (χ3v) is 5.95. The molecule has 4 aromatic rings. The molecule has 0 bridgehead atoms. The van der Waals surface area contributed by atoms with Crippen LogP contribution in [-0.2, 0) is 21.4 Å². The Hall–Kier alpha value is -4.25. The molecule has 4 rings (SSSR count). The van der Waals surface area contributed by atoms with Crippen LogP contribution >= 0.6 is 0 Å². The molecule has 1 amide bonds. The number of hydrogen-bond donors (Lipinski definition) is 2. The summed E-state index contributed by atoms with van der Waals surface area (Å²) in [5.41, 5.74) is 0.993. The van der Waals surface area contributed by atoms with E-state index >= 15 is 0 Å². The summed E-state index contributed by atoms with van der Waals surface area (Å²) in [5, 5.41) is 12.6. The highest BCUT2D eigenvalue weighted by Crippen LogP contribution is 2.39. The number of carboxylic acid groups (broad SMARTS) is 1. The molecule has 0 aliphatic rings. The van der Waals surface area contributed by atoms with Crippen molar-refractivity contribution in [3.05, 3.63) is 143 Å². The van der Waals surface area contributed by atoms with E-state index in [4.69, 9.17) is 0 Å². The number of amides is 1. The van der Waals surface area contributed by atoms with E-state index in [-0.39, 0.29) is 12.0 Å². The quantitative estimate of drug-likeness (QED) is 0.370. The van der Waals surface area contributed by atoms with Crippen LogP contribution in [0, 0.1) is 5.82 Å². The number of carbonyl (C=O) groups is 2. The second-order valence-corrected chi connectivity index (χ2v) is 8.01. The molecule has 0 saturated carbocycles. The number of rotatable bonds is 8. The number of carboxylic acids is 1. The Labute approximate surface area is 197 Å². The van der Waals surface area contributed by atoms with Gasteiger partial charge < -0.3 is 10.4 Å². The first kappa shape index (κ1) is 22.9. The Morgan fingerprint density at radius 2 is 1.12 bits per heavy atom. The van der Waals surface area contributed by atoms with Crippen molar-refractivity contribution < 1.29 is 19.1 Å². The van der Waals surface area contributed by atoms with Crippen molar-refractivity contribution in [2.75, 3.05) is 0 Å². The van der Waals surface area contributed by atoms with E-state index in [9.17, 15) is 19.1 Å². The summed E-state index contributed by atoms with van der Waals surface area (Å²) < 4.78 is 14.3. The fraction of sp³-hybridized carbons (Fsp3) is 0.103. The summed E-state index contributed by atoms with van der Waals surface area (Å²) >= 11 is 0. The third kappa shape index (κ3) is 4.46. The van der Waals surface area contributed by atoms with Crippen LogP contribution < -0.4 is 5.32 Å². The zero-order valence-electron chi connectivity index (χ0n) is 18.4. The first-order valence-electron chi connectivity index (χ1n) is 11.0. The summed E-state index contributed by atoms with van der Waals surface area (Å²) in [6.07, 6.45) is -0.178. The van der Waals surface area contributed by atoms with Gasteiger partial charge in [0.1, 0.15) is 17.3 Å². The van der Waals surface area contributed by atoms with Gasteiger partial charge in [-0.1, -0.05) is 109 Å². The molecule has 0 aromatic heterocycles. The molecule has 5 heteroatoms. The average molecular weight is 454 g/mol. The zero-order valence-corrected chi connectivity index (χ0v) is 18.4. The molecule has 0 radical (unpaired) electrons. The van der Waals surface area contributed by atoms with Crippen molar-refractivity contribution in [3.8, 4) is 0 Å². The lowest BCUT2D eigenvalue weighted by atomic mass is 9.68. The van der Waals surface area contributed by atoms with Gasteiger partial charge in [0, 0.05) is 6.42 Å². The Balaban J connectivity index is 1.85. The van der Waals surface area contributed by atoms with Crippen LogP contribution in [0.1, 0.15) is 22.3 Å². The third-order valence-electron chi connectivity index (χ3n) is 5.95. The van der Waals surface area contributed by atoms with E-state index in [2.05, 4.69) is 5.32 Å². The summed E-state index contributed by atoms with van der Waals surface area (Å²) in [4.78, 5) is 26.3. The SMILES string of the molecule is O=C(O)[C@H](Cc1ccccc1F)NC(=O)C(c1ccccc1)(c1ccccc1)c1ccccc1. The lowest BCUT2D eigenvalue weighted by molar-refractivity contribution is -0.142. The molecule has 2 N–H and O–H groups in total. The highest BCUT2D eigenvalue weighted by molar-refractivity contribution is 5.98. The highest BCUT2D eigenvalue weighted by Gasteiger charge is 2.45. The number of carbonyl (C=O) groups excluding carboxylic acids is 1. The van der Waals surface area contributed by atoms with Crippen molar-refractivity contribution >= 4 is 11.9 Å². The predicted octanol–water partition coefficient (Wildman–Crippen LogP) is 4.97. The van der Waals surface area contributed by atoms with Crippen LogP contribution in [0.15, 0.2) is 115 Å². The maximum atomic E-state index is 14.3. The van der Waals surface area contributed by atoms with E-state index < -0.39 is 29.2 Å². The van der Waals surface area contributed by atoms with Gasteiger partial charge in [0.05, 0.1) is 0 Å². The van der Waals surface area contributed by atoms with E-state index in [0.717, 1.165) is 0 Å². The molecule has 4 nitrogen and oxygen atoms in total. The molecule has 1 atom stereocenters. The summed E-state index contributed by atoms with van der Waals surface area (Å²) in [6, 6.07) is 32.4. The minimum atomic E-state index is -1.32. The lowest BCUT2D eigenvalue weighted by Gasteiger charge is -2.35. The summed E-state index contributed by atoms with van der Waals surface area (Å²) in [5.74, 6) is -2.25. The molecule has 0 heterocycles. The van der Waals surface area contributed by atoms with Gasteiger partial charge in [0.15, 0.2) is 0 Å². The van der Waals surface area contributed by atoms with Crippen LogP contribution in [0.5, 0.6) is 0 Å². The normalized spacial score (nSPS) is 12.0. The standard InChI is InChI=1S/C29H24FNO3/c30-25-19-11-10-12-21(25)20-26(27(32)33)31-28(34)29(22-13-4-1-5-14-22,23-15-6-2-7-16-23)24-17-8-3-9-18-24/h1-19,26H,20H2,(H,31,34)(H,32,33)/t26-/m0/s1. The first-order chi connectivity index (χ1) is 16.5. The Morgan fingerprint density at radius 3 is 1.53 bits per heavy atom.